The average molecular weight is 346 g/mol. The summed E-state index contributed by atoms with van der Waals surface area (Å²) in [5.41, 5.74) is 0.967. The summed E-state index contributed by atoms with van der Waals surface area (Å²) in [6, 6.07) is 7.76. The highest BCUT2D eigenvalue weighted by molar-refractivity contribution is 5.82. The van der Waals surface area contributed by atoms with Crippen molar-refractivity contribution in [3.63, 3.8) is 0 Å². The van der Waals surface area contributed by atoms with Crippen LogP contribution in [0.2, 0.25) is 0 Å². The molecule has 0 aliphatic carbocycles. The number of benzene rings is 1. The second kappa shape index (κ2) is 9.44. The van der Waals surface area contributed by atoms with Gasteiger partial charge in [-0.05, 0) is 43.9 Å². The Kier molecular flexibility index (Phi) is 7.29. The number of piperidine rings is 1. The first-order chi connectivity index (χ1) is 12.0. The van der Waals surface area contributed by atoms with Crippen molar-refractivity contribution < 1.29 is 14.3 Å². The standard InChI is InChI=1S/C20H30N2O3/c1-4-6-15(2)21-20(24)17-7-5-12-22(14-17)19(23)13-16-8-10-18(25-3)11-9-16/h8-11,15,17H,4-7,12-14H2,1-3H3,(H,21,24)/t15-,17-/m1/s1. The number of ether oxygens (including phenoxy) is 1. The lowest BCUT2D eigenvalue weighted by Gasteiger charge is -2.32. The predicted octanol–water partition coefficient (Wildman–Crippen LogP) is 2.78. The summed E-state index contributed by atoms with van der Waals surface area (Å²) in [4.78, 5) is 26.8. The van der Waals surface area contributed by atoms with Gasteiger partial charge in [0.25, 0.3) is 0 Å². The van der Waals surface area contributed by atoms with Crippen molar-refractivity contribution in [3.8, 4) is 5.75 Å². The van der Waals surface area contributed by atoms with Crippen molar-refractivity contribution in [2.45, 2.75) is 52.0 Å². The minimum Gasteiger partial charge on any atom is -0.497 e. The van der Waals surface area contributed by atoms with Gasteiger partial charge in [0, 0.05) is 19.1 Å². The fourth-order valence-corrected chi connectivity index (χ4v) is 3.31. The van der Waals surface area contributed by atoms with Crippen LogP contribution in [0.25, 0.3) is 0 Å². The van der Waals surface area contributed by atoms with Crippen molar-refractivity contribution in [1.82, 2.24) is 10.2 Å². The number of amides is 2. The highest BCUT2D eigenvalue weighted by Gasteiger charge is 2.28. The number of nitrogens with zero attached hydrogens (tertiary/aromatic N) is 1. The Morgan fingerprint density at radius 1 is 1.32 bits per heavy atom. The fraction of sp³-hybridized carbons (Fsp3) is 0.600. The molecular weight excluding hydrogens is 316 g/mol. The second-order valence-electron chi connectivity index (χ2n) is 6.90. The summed E-state index contributed by atoms with van der Waals surface area (Å²) >= 11 is 0. The zero-order valence-electron chi connectivity index (χ0n) is 15.6. The van der Waals surface area contributed by atoms with E-state index in [0.717, 1.165) is 43.5 Å². The molecule has 0 radical (unpaired) electrons. The molecule has 2 rings (SSSR count). The lowest BCUT2D eigenvalue weighted by molar-refractivity contribution is -0.135. The molecule has 2 amide bonds. The third-order valence-electron chi connectivity index (χ3n) is 4.77. The van der Waals surface area contributed by atoms with Gasteiger partial charge in [-0.3, -0.25) is 9.59 Å². The molecule has 5 nitrogen and oxygen atoms in total. The van der Waals surface area contributed by atoms with Crippen molar-refractivity contribution >= 4 is 11.8 Å². The lowest BCUT2D eigenvalue weighted by atomic mass is 9.96. The van der Waals surface area contributed by atoms with Crippen molar-refractivity contribution in [2.75, 3.05) is 20.2 Å². The van der Waals surface area contributed by atoms with Gasteiger partial charge in [0.15, 0.2) is 0 Å². The van der Waals surface area contributed by atoms with E-state index in [-0.39, 0.29) is 23.8 Å². The maximum atomic E-state index is 12.6. The Morgan fingerprint density at radius 3 is 2.68 bits per heavy atom. The van der Waals surface area contributed by atoms with E-state index in [1.54, 1.807) is 7.11 Å². The number of methoxy groups -OCH3 is 1. The molecule has 1 N–H and O–H groups in total. The molecule has 0 bridgehead atoms. The summed E-state index contributed by atoms with van der Waals surface area (Å²) in [5, 5.41) is 3.08. The Bertz CT molecular complexity index is 571. The van der Waals surface area contributed by atoms with Gasteiger partial charge in [-0.25, -0.2) is 0 Å². The molecule has 138 valence electrons. The molecule has 0 unspecified atom stereocenters. The molecule has 1 aromatic carbocycles. The van der Waals surface area contributed by atoms with Crippen molar-refractivity contribution in [3.05, 3.63) is 29.8 Å². The average Bonchev–Trinajstić information content (AvgIpc) is 2.62. The Balaban J connectivity index is 1.88. The van der Waals surface area contributed by atoms with Gasteiger partial charge in [0.1, 0.15) is 5.75 Å². The van der Waals surface area contributed by atoms with E-state index in [9.17, 15) is 9.59 Å². The van der Waals surface area contributed by atoms with Crippen molar-refractivity contribution in [2.24, 2.45) is 5.92 Å². The monoisotopic (exact) mass is 346 g/mol. The molecule has 0 saturated carbocycles. The number of nitrogens with one attached hydrogen (secondary N) is 1. The summed E-state index contributed by atoms with van der Waals surface area (Å²) in [6.45, 7) is 5.42. The van der Waals surface area contributed by atoms with Gasteiger partial charge < -0.3 is 15.0 Å². The van der Waals surface area contributed by atoms with E-state index < -0.39 is 0 Å². The van der Waals surface area contributed by atoms with Crippen LogP contribution in [-0.2, 0) is 16.0 Å². The van der Waals surface area contributed by atoms with E-state index in [0.29, 0.717) is 13.0 Å². The zero-order valence-corrected chi connectivity index (χ0v) is 15.6. The molecule has 2 atom stereocenters. The van der Waals surface area contributed by atoms with Gasteiger partial charge in [0.05, 0.1) is 19.4 Å². The predicted molar refractivity (Wildman–Crippen MR) is 98.5 cm³/mol. The number of hydrogen-bond donors (Lipinski definition) is 1. The maximum absolute atomic E-state index is 12.6. The van der Waals surface area contributed by atoms with Crippen LogP contribution < -0.4 is 10.1 Å². The van der Waals surface area contributed by atoms with Gasteiger partial charge in [-0.15, -0.1) is 0 Å². The molecule has 1 aliphatic heterocycles. The van der Waals surface area contributed by atoms with E-state index in [1.807, 2.05) is 36.1 Å². The minimum absolute atomic E-state index is 0.0860. The third kappa shape index (κ3) is 5.76. The molecule has 1 saturated heterocycles. The summed E-state index contributed by atoms with van der Waals surface area (Å²) in [7, 11) is 1.63. The number of hydrogen-bond acceptors (Lipinski definition) is 3. The largest absolute Gasteiger partial charge is 0.497 e. The number of rotatable bonds is 7. The molecular formula is C20H30N2O3. The van der Waals surface area contributed by atoms with Crippen molar-refractivity contribution in [1.29, 1.82) is 0 Å². The van der Waals surface area contributed by atoms with Crippen LogP contribution in [0.1, 0.15) is 45.1 Å². The first-order valence-corrected chi connectivity index (χ1v) is 9.24. The van der Waals surface area contributed by atoms with Gasteiger partial charge >= 0.3 is 0 Å². The number of carbonyl (C=O) groups excluding carboxylic acids is 2. The van der Waals surface area contributed by atoms with Crippen LogP contribution in [0.15, 0.2) is 24.3 Å². The van der Waals surface area contributed by atoms with Gasteiger partial charge in [-0.1, -0.05) is 25.5 Å². The van der Waals surface area contributed by atoms with Crippen LogP contribution in [0.5, 0.6) is 5.75 Å². The quantitative estimate of drug-likeness (QED) is 0.826. The third-order valence-corrected chi connectivity index (χ3v) is 4.77. The number of carbonyl (C=O) groups is 2. The molecule has 1 aliphatic rings. The van der Waals surface area contributed by atoms with Crippen LogP contribution in [0.3, 0.4) is 0 Å². The lowest BCUT2D eigenvalue weighted by Crippen LogP contribution is -2.47. The van der Waals surface area contributed by atoms with Crippen LogP contribution in [0.4, 0.5) is 0 Å². The van der Waals surface area contributed by atoms with E-state index >= 15 is 0 Å². The van der Waals surface area contributed by atoms with Gasteiger partial charge in [-0.2, -0.15) is 0 Å². The molecule has 0 spiro atoms. The Labute approximate surface area is 150 Å². The number of likely N-dealkylation sites (tertiary alicyclic amines) is 1. The normalized spacial score (nSPS) is 18.5. The fourth-order valence-electron chi connectivity index (χ4n) is 3.31. The minimum atomic E-state index is -0.0899. The Hall–Kier alpha value is -2.04. The first-order valence-electron chi connectivity index (χ1n) is 9.24. The first kappa shape index (κ1) is 19.3. The van der Waals surface area contributed by atoms with E-state index in [2.05, 4.69) is 12.2 Å². The van der Waals surface area contributed by atoms with Crippen LogP contribution in [0, 0.1) is 5.92 Å². The van der Waals surface area contributed by atoms with E-state index in [1.165, 1.54) is 0 Å². The molecule has 1 fully saturated rings. The summed E-state index contributed by atoms with van der Waals surface area (Å²) < 4.78 is 5.14. The molecule has 5 heteroatoms. The molecule has 0 aromatic heterocycles. The molecule has 1 aromatic rings. The summed E-state index contributed by atoms with van der Waals surface area (Å²) in [5.74, 6) is 0.868. The zero-order chi connectivity index (χ0) is 18.2. The molecule has 25 heavy (non-hydrogen) atoms. The smallest absolute Gasteiger partial charge is 0.227 e. The SMILES string of the molecule is CCC[C@@H](C)NC(=O)[C@@H]1CCCN(C(=O)Cc2ccc(OC)cc2)C1. The summed E-state index contributed by atoms with van der Waals surface area (Å²) in [6.07, 6.45) is 4.15. The van der Waals surface area contributed by atoms with E-state index in [4.69, 9.17) is 4.74 Å². The van der Waals surface area contributed by atoms with Crippen LogP contribution >= 0.6 is 0 Å². The van der Waals surface area contributed by atoms with Gasteiger partial charge in [0.2, 0.25) is 11.8 Å². The van der Waals surface area contributed by atoms with Crippen LogP contribution in [-0.4, -0.2) is 43.0 Å². The maximum Gasteiger partial charge on any atom is 0.227 e. The highest BCUT2D eigenvalue weighted by Crippen LogP contribution is 2.19. The second-order valence-corrected chi connectivity index (χ2v) is 6.90. The Morgan fingerprint density at radius 2 is 2.04 bits per heavy atom. The molecule has 1 heterocycles. The topological polar surface area (TPSA) is 58.6 Å². The highest BCUT2D eigenvalue weighted by atomic mass is 16.5.